The molecule has 6 rings (SSSR count). The topological polar surface area (TPSA) is 71.6 Å². The first kappa shape index (κ1) is 25.7. The highest BCUT2D eigenvalue weighted by Gasteiger charge is 2.49. The molecule has 0 radical (unpaired) electrons. The summed E-state index contributed by atoms with van der Waals surface area (Å²) in [5, 5.41) is 0. The van der Waals surface area contributed by atoms with Gasteiger partial charge in [-0.3, -0.25) is 9.78 Å². The van der Waals surface area contributed by atoms with Crippen molar-refractivity contribution >= 4 is 29.1 Å². The number of aromatic nitrogens is 1. The minimum absolute atomic E-state index is 0.0110. The zero-order valence-corrected chi connectivity index (χ0v) is 22.8. The second kappa shape index (κ2) is 10.5. The number of ketones is 1. The summed E-state index contributed by atoms with van der Waals surface area (Å²) in [6.45, 7) is 3.34. The van der Waals surface area contributed by atoms with Crippen LogP contribution in [0.3, 0.4) is 0 Å². The summed E-state index contributed by atoms with van der Waals surface area (Å²) in [5.41, 5.74) is 12.9. The zero-order chi connectivity index (χ0) is 27.0. The lowest BCUT2D eigenvalue weighted by atomic mass is 9.64. The summed E-state index contributed by atoms with van der Waals surface area (Å²) >= 11 is 1.73. The zero-order valence-electron chi connectivity index (χ0n) is 22.0. The van der Waals surface area contributed by atoms with E-state index in [1.165, 1.54) is 34.6 Å². The largest absolute Gasteiger partial charge is 0.404 e. The van der Waals surface area contributed by atoms with Gasteiger partial charge in [-0.25, -0.2) is 13.7 Å². The standard InChI is InChI=1S/C32H31FN4OS/c1-21-11-13-35-30(15-21)31(38)32-18-24(19-34)29(36-27-8-6-26(33)7-9-27)17-25(32)12-14-37(20-32)39-28-10-5-22-3-2-4-23(22)16-28/h5-11,13,15-17,19H,2-4,12,14,18,20,34H2,1H3. The molecular formula is C32H31FN4OS. The molecule has 0 saturated carbocycles. The number of allylic oxidation sites excluding steroid dienone is 2. The maximum absolute atomic E-state index is 14.3. The van der Waals surface area contributed by atoms with E-state index in [0.29, 0.717) is 24.3 Å². The van der Waals surface area contributed by atoms with Crippen LogP contribution in [0, 0.1) is 18.2 Å². The van der Waals surface area contributed by atoms with E-state index in [-0.39, 0.29) is 11.6 Å². The number of hydrogen-bond acceptors (Lipinski definition) is 6. The Kier molecular flexibility index (Phi) is 6.95. The average molecular weight is 539 g/mol. The fourth-order valence-electron chi connectivity index (χ4n) is 5.96. The van der Waals surface area contributed by atoms with Gasteiger partial charge in [0.15, 0.2) is 5.78 Å². The molecule has 1 aliphatic heterocycles. The Morgan fingerprint density at radius 1 is 1.10 bits per heavy atom. The average Bonchev–Trinajstić information content (AvgIpc) is 3.41. The van der Waals surface area contributed by atoms with Crippen LogP contribution in [0.25, 0.3) is 0 Å². The molecule has 1 saturated heterocycles. The van der Waals surface area contributed by atoms with E-state index in [1.807, 2.05) is 25.1 Å². The number of benzene rings is 2. The molecule has 7 heteroatoms. The molecule has 0 amide bonds. The maximum atomic E-state index is 14.3. The molecule has 1 atom stereocenters. The second-order valence-corrected chi connectivity index (χ2v) is 11.8. The van der Waals surface area contributed by atoms with Crippen LogP contribution in [-0.4, -0.2) is 33.9 Å². The Morgan fingerprint density at radius 3 is 2.72 bits per heavy atom. The molecular weight excluding hydrogens is 507 g/mol. The van der Waals surface area contributed by atoms with Gasteiger partial charge in [-0.2, -0.15) is 0 Å². The number of halogens is 1. The predicted octanol–water partition coefficient (Wildman–Crippen LogP) is 6.55. The third-order valence-corrected chi connectivity index (χ3v) is 9.02. The molecule has 2 aromatic carbocycles. The van der Waals surface area contributed by atoms with Gasteiger partial charge >= 0.3 is 0 Å². The van der Waals surface area contributed by atoms with Gasteiger partial charge in [0.1, 0.15) is 11.5 Å². The highest BCUT2D eigenvalue weighted by Crippen LogP contribution is 2.48. The van der Waals surface area contributed by atoms with Crippen LogP contribution < -0.4 is 5.73 Å². The molecule has 0 bridgehead atoms. The van der Waals surface area contributed by atoms with Gasteiger partial charge in [-0.15, -0.1) is 0 Å². The molecule has 1 aromatic heterocycles. The second-order valence-electron chi connectivity index (χ2n) is 10.6. The number of rotatable bonds is 5. The number of fused-ring (bicyclic) bond motifs is 2. The number of Topliss-reactive ketones (excluding diaryl/α,β-unsaturated/α-hetero) is 1. The smallest absolute Gasteiger partial charge is 0.193 e. The molecule has 5 nitrogen and oxygen atoms in total. The van der Waals surface area contributed by atoms with Crippen LogP contribution in [0.15, 0.2) is 94.1 Å². The Hall–Kier alpha value is -3.55. The number of aliphatic imine (C=N–C) groups is 1. The van der Waals surface area contributed by atoms with Gasteiger partial charge < -0.3 is 5.73 Å². The molecule has 0 spiro atoms. The third-order valence-electron chi connectivity index (χ3n) is 7.99. The molecule has 1 unspecified atom stereocenters. The maximum Gasteiger partial charge on any atom is 0.193 e. The van der Waals surface area contributed by atoms with Gasteiger partial charge in [0.2, 0.25) is 0 Å². The number of hydrogen-bond donors (Lipinski definition) is 1. The van der Waals surface area contributed by atoms with E-state index in [4.69, 9.17) is 10.7 Å². The van der Waals surface area contributed by atoms with Crippen molar-refractivity contribution in [2.75, 3.05) is 13.1 Å². The fourth-order valence-corrected chi connectivity index (χ4v) is 7.05. The summed E-state index contributed by atoms with van der Waals surface area (Å²) in [5.74, 6) is -0.295. The van der Waals surface area contributed by atoms with Crippen LogP contribution in [0.1, 0.15) is 46.4 Å². The van der Waals surface area contributed by atoms with Crippen LogP contribution in [-0.2, 0) is 12.8 Å². The number of nitrogens with zero attached hydrogens (tertiary/aromatic N) is 3. The lowest BCUT2D eigenvalue weighted by Gasteiger charge is -2.45. The minimum atomic E-state index is -0.796. The lowest BCUT2D eigenvalue weighted by Crippen LogP contribution is -2.49. The van der Waals surface area contributed by atoms with Crippen molar-refractivity contribution in [3.05, 3.63) is 112 Å². The van der Waals surface area contributed by atoms with E-state index < -0.39 is 5.41 Å². The number of pyridine rings is 1. The Morgan fingerprint density at radius 2 is 1.92 bits per heavy atom. The van der Waals surface area contributed by atoms with Gasteiger partial charge in [-0.05, 0) is 134 Å². The van der Waals surface area contributed by atoms with Crippen molar-refractivity contribution in [1.82, 2.24) is 9.29 Å². The summed E-state index contributed by atoms with van der Waals surface area (Å²) in [6.07, 6.45) is 9.97. The summed E-state index contributed by atoms with van der Waals surface area (Å²) in [7, 11) is 0. The minimum Gasteiger partial charge on any atom is -0.404 e. The third kappa shape index (κ3) is 5.09. The van der Waals surface area contributed by atoms with Crippen molar-refractivity contribution in [3.63, 3.8) is 0 Å². The first-order valence-corrected chi connectivity index (χ1v) is 14.2. The van der Waals surface area contributed by atoms with Gasteiger partial charge in [0.25, 0.3) is 0 Å². The number of carbonyl (C=O) groups excluding carboxylic acids is 1. The van der Waals surface area contributed by atoms with E-state index in [2.05, 4.69) is 27.5 Å². The molecule has 1 fully saturated rings. The molecule has 3 aliphatic rings. The van der Waals surface area contributed by atoms with Crippen molar-refractivity contribution in [2.45, 2.75) is 43.9 Å². The van der Waals surface area contributed by atoms with Crippen molar-refractivity contribution < 1.29 is 9.18 Å². The van der Waals surface area contributed by atoms with Crippen LogP contribution in [0.4, 0.5) is 10.1 Å². The first-order valence-electron chi connectivity index (χ1n) is 13.4. The number of aryl methyl sites for hydroxylation is 3. The normalized spacial score (nSPS) is 23.0. The highest BCUT2D eigenvalue weighted by molar-refractivity contribution is 7.97. The molecule has 39 heavy (non-hydrogen) atoms. The summed E-state index contributed by atoms with van der Waals surface area (Å²) < 4.78 is 15.8. The fraction of sp³-hybridized carbons (Fsp3) is 0.281. The molecule has 2 N–H and O–H groups in total. The lowest BCUT2D eigenvalue weighted by molar-refractivity contribution is 0.0776. The first-order chi connectivity index (χ1) is 18.9. The molecule has 198 valence electrons. The van der Waals surface area contributed by atoms with E-state index >= 15 is 0 Å². The molecule has 3 aromatic rings. The van der Waals surface area contributed by atoms with E-state index in [1.54, 1.807) is 36.5 Å². The van der Waals surface area contributed by atoms with Crippen molar-refractivity contribution in [1.29, 1.82) is 0 Å². The van der Waals surface area contributed by atoms with Gasteiger partial charge in [0.05, 0.1) is 16.8 Å². The predicted molar refractivity (Wildman–Crippen MR) is 155 cm³/mol. The molecule has 2 aliphatic carbocycles. The number of piperidine rings is 1. The van der Waals surface area contributed by atoms with Crippen molar-refractivity contribution in [2.24, 2.45) is 16.1 Å². The Balaban J connectivity index is 1.38. The Labute approximate surface area is 232 Å². The van der Waals surface area contributed by atoms with Crippen LogP contribution >= 0.6 is 11.9 Å². The monoisotopic (exact) mass is 538 g/mol. The van der Waals surface area contributed by atoms with Crippen molar-refractivity contribution in [3.8, 4) is 0 Å². The van der Waals surface area contributed by atoms with E-state index in [9.17, 15) is 9.18 Å². The quantitative estimate of drug-likeness (QED) is 0.295. The highest BCUT2D eigenvalue weighted by atomic mass is 32.2. The molecule has 2 heterocycles. The van der Waals surface area contributed by atoms with Crippen LogP contribution in [0.2, 0.25) is 0 Å². The van der Waals surface area contributed by atoms with E-state index in [0.717, 1.165) is 48.2 Å². The van der Waals surface area contributed by atoms with Gasteiger partial charge in [0, 0.05) is 24.2 Å². The van der Waals surface area contributed by atoms with Crippen LogP contribution in [0.5, 0.6) is 0 Å². The summed E-state index contributed by atoms with van der Waals surface area (Å²) in [4.78, 5) is 24.8. The number of carbonyl (C=O) groups is 1. The summed E-state index contributed by atoms with van der Waals surface area (Å²) in [6, 6.07) is 16.6. The Bertz CT molecular complexity index is 1530. The van der Waals surface area contributed by atoms with Gasteiger partial charge in [-0.1, -0.05) is 11.6 Å². The SMILES string of the molecule is Cc1ccnc(C(=O)C23CC(=CN)C(=Nc4ccc(F)cc4)C=C2CCN(Sc2ccc4c(c2)CCC4)C3)c1. The number of nitrogens with two attached hydrogens (primary N) is 1.